The van der Waals surface area contributed by atoms with Gasteiger partial charge in [0.25, 0.3) is 5.91 Å². The second-order valence-corrected chi connectivity index (χ2v) is 20.4. The lowest BCUT2D eigenvalue weighted by Gasteiger charge is -2.30. The molecule has 4 aromatic rings. The third-order valence-corrected chi connectivity index (χ3v) is 14.4. The van der Waals surface area contributed by atoms with E-state index in [2.05, 4.69) is 42.5 Å². The molecular formula is C55H69N11O13. The number of carbonyl (C=O) groups is 10. The number of para-hydroxylation sites is 1. The number of aliphatic carboxylic acids is 1. The van der Waals surface area contributed by atoms with Crippen LogP contribution in [0.3, 0.4) is 0 Å². The number of aromatic nitrogens is 1. The van der Waals surface area contributed by atoms with Gasteiger partial charge >= 0.3 is 5.97 Å². The van der Waals surface area contributed by atoms with Crippen molar-refractivity contribution in [3.8, 4) is 5.75 Å². The summed E-state index contributed by atoms with van der Waals surface area (Å²) in [7, 11) is 0. The summed E-state index contributed by atoms with van der Waals surface area (Å²) in [6.07, 6.45) is 0.847. The number of rotatable bonds is 18. The molecule has 1 aromatic heterocycles. The summed E-state index contributed by atoms with van der Waals surface area (Å²) >= 11 is 0. The number of phenols is 1. The zero-order valence-corrected chi connectivity index (χ0v) is 43.9. The zero-order chi connectivity index (χ0) is 56.9. The molecule has 0 aliphatic carbocycles. The smallest absolute Gasteiger partial charge is 0.326 e. The van der Waals surface area contributed by atoms with Crippen LogP contribution in [0, 0.1) is 5.92 Å². The number of phenolic OH excluding ortho intramolecular Hbond substituents is 1. The number of carboxylic acid groups (broad SMARTS) is 1. The number of aliphatic hydroxyl groups excluding tert-OH is 1. The average Bonchev–Trinajstić information content (AvgIpc) is 4.22. The van der Waals surface area contributed by atoms with Gasteiger partial charge in [0, 0.05) is 43.8 Å². The fourth-order valence-corrected chi connectivity index (χ4v) is 10.1. The molecule has 422 valence electrons. The van der Waals surface area contributed by atoms with Crippen LogP contribution in [0.2, 0.25) is 0 Å². The van der Waals surface area contributed by atoms with E-state index in [0.717, 1.165) is 0 Å². The number of nitrogens with one attached hydrogen (secondary N) is 8. The Kier molecular flexibility index (Phi) is 19.8. The van der Waals surface area contributed by atoms with Crippen LogP contribution in [0.1, 0.15) is 81.6 Å². The van der Waals surface area contributed by atoms with Crippen LogP contribution in [0.25, 0.3) is 10.9 Å². The van der Waals surface area contributed by atoms with Gasteiger partial charge in [-0.3, -0.25) is 43.2 Å². The van der Waals surface area contributed by atoms with Gasteiger partial charge < -0.3 is 73.1 Å². The van der Waals surface area contributed by atoms with Crippen molar-refractivity contribution >= 4 is 70.0 Å². The summed E-state index contributed by atoms with van der Waals surface area (Å²) in [5.41, 5.74) is 7.29. The third kappa shape index (κ3) is 14.8. The summed E-state index contributed by atoms with van der Waals surface area (Å²) in [6, 6.07) is 10.1. The quantitative estimate of drug-likeness (QED) is 0.0535. The summed E-state index contributed by atoms with van der Waals surface area (Å²) in [5.74, 6) is -9.13. The minimum Gasteiger partial charge on any atom is -0.508 e. The van der Waals surface area contributed by atoms with Crippen molar-refractivity contribution in [2.45, 2.75) is 133 Å². The molecular weight excluding hydrogens is 1020 g/mol. The average molecular weight is 1090 g/mol. The molecule has 2 saturated heterocycles. The first-order chi connectivity index (χ1) is 37.8. The van der Waals surface area contributed by atoms with Crippen LogP contribution in [0.4, 0.5) is 0 Å². The number of benzene rings is 3. The van der Waals surface area contributed by atoms with E-state index in [9.17, 15) is 53.7 Å². The lowest BCUT2D eigenvalue weighted by molar-refractivity contribution is -0.142. The number of hydrogen-bond donors (Lipinski definition) is 12. The number of likely N-dealkylation sites (tertiary alicyclic amines) is 1. The van der Waals surface area contributed by atoms with E-state index < -0.39 is 120 Å². The number of carbonyl (C=O) groups excluding carboxylic acids is 9. The lowest BCUT2D eigenvalue weighted by Crippen LogP contribution is -2.61. The molecule has 0 radical (unpaired) electrons. The minimum absolute atomic E-state index is 0.0126. The topological polar surface area (TPSA) is 362 Å². The van der Waals surface area contributed by atoms with Gasteiger partial charge in [0.15, 0.2) is 6.17 Å². The number of fused-ring (bicyclic) bond motifs is 5. The van der Waals surface area contributed by atoms with E-state index in [1.54, 1.807) is 68.4 Å². The fraction of sp³-hybridized carbons (Fsp3) is 0.455. The van der Waals surface area contributed by atoms with E-state index >= 15 is 9.59 Å². The van der Waals surface area contributed by atoms with E-state index in [4.69, 9.17) is 5.73 Å². The molecule has 24 heteroatoms. The monoisotopic (exact) mass is 1090 g/mol. The Morgan fingerprint density at radius 1 is 0.734 bits per heavy atom. The van der Waals surface area contributed by atoms with Gasteiger partial charge in [-0.05, 0) is 85.9 Å². The number of amides is 9. The maximum Gasteiger partial charge on any atom is 0.326 e. The van der Waals surface area contributed by atoms with Gasteiger partial charge in [-0.25, -0.2) is 4.79 Å². The minimum atomic E-state index is -1.77. The first kappa shape index (κ1) is 58.3. The predicted octanol–water partition coefficient (Wildman–Crippen LogP) is -0.957. The van der Waals surface area contributed by atoms with Gasteiger partial charge in [0.1, 0.15) is 54.1 Å². The Labute approximate surface area is 455 Å². The van der Waals surface area contributed by atoms with Crippen molar-refractivity contribution in [2.75, 3.05) is 19.7 Å². The summed E-state index contributed by atoms with van der Waals surface area (Å²) in [6.45, 7) is 2.80. The van der Waals surface area contributed by atoms with E-state index in [0.29, 0.717) is 41.3 Å². The van der Waals surface area contributed by atoms with Crippen molar-refractivity contribution in [1.82, 2.24) is 52.0 Å². The van der Waals surface area contributed by atoms with Gasteiger partial charge in [-0.1, -0.05) is 74.5 Å². The third-order valence-electron chi connectivity index (χ3n) is 14.4. The summed E-state index contributed by atoms with van der Waals surface area (Å²) in [5, 5.41) is 52.5. The Morgan fingerprint density at radius 2 is 1.42 bits per heavy atom. The number of aliphatic hydroxyl groups is 1. The molecule has 79 heavy (non-hydrogen) atoms. The second kappa shape index (κ2) is 26.8. The lowest BCUT2D eigenvalue weighted by atomic mass is 10.0. The maximum atomic E-state index is 15.2. The molecule has 2 bridgehead atoms. The molecule has 13 N–H and O–H groups in total. The van der Waals surface area contributed by atoms with Crippen LogP contribution >= 0.6 is 0 Å². The van der Waals surface area contributed by atoms with Crippen LogP contribution < -0.4 is 48.3 Å². The van der Waals surface area contributed by atoms with Crippen LogP contribution in [-0.4, -0.2) is 152 Å². The standard InChI is InChI=1S/C55H69N11O13/c1-30(2)45-52(75)61-38(25-31-11-4-3-5-12-31)47(70)62-41(29-67)50(73)59-40(48(71)58-37(55(78)79)14-8-9-23-56)27-33-28-66(42-15-7-6-13-35(33)42)46(53(76)63-45)64-49(72)39(26-32-17-19-34(68)20-18-32)60-51(74)43-16-10-24-65(43)54(77)36-21-22-44(69)57-36/h3-7,11-13,15,17-20,28,30,36-41,43,45-46,67-68H,8-10,14,16,21-27,29,56H2,1-2H3,(H,57,69)(H,58,71)(H,59,73)(H,60,74)(H,61,75)(H,62,70)(H,63,76)(H,64,72)(H,78,79)/t36-,37-,38+,39-,40-,41-,43-,45-,46+/m0/s1. The first-order valence-electron chi connectivity index (χ1n) is 26.5. The van der Waals surface area contributed by atoms with Gasteiger partial charge in [-0.15, -0.1) is 0 Å². The Balaban J connectivity index is 1.31. The molecule has 3 aliphatic heterocycles. The summed E-state index contributed by atoms with van der Waals surface area (Å²) in [4.78, 5) is 142. The first-order valence-corrected chi connectivity index (χ1v) is 26.5. The largest absolute Gasteiger partial charge is 0.508 e. The number of hydrogen-bond acceptors (Lipinski definition) is 13. The molecule has 3 aliphatic rings. The Morgan fingerprint density at radius 3 is 2.09 bits per heavy atom. The molecule has 4 heterocycles. The molecule has 2 fully saturated rings. The molecule has 0 spiro atoms. The molecule has 9 atom stereocenters. The number of carboxylic acids is 1. The van der Waals surface area contributed by atoms with Crippen molar-refractivity contribution in [3.05, 3.63) is 102 Å². The predicted molar refractivity (Wildman–Crippen MR) is 285 cm³/mol. The Hall–Kier alpha value is -8.38. The van der Waals surface area contributed by atoms with Crippen molar-refractivity contribution in [2.24, 2.45) is 11.7 Å². The van der Waals surface area contributed by atoms with Gasteiger partial charge in [-0.2, -0.15) is 0 Å². The van der Waals surface area contributed by atoms with Crippen molar-refractivity contribution in [3.63, 3.8) is 0 Å². The fourth-order valence-electron chi connectivity index (χ4n) is 10.1. The molecule has 0 unspecified atom stereocenters. The van der Waals surface area contributed by atoms with Crippen molar-refractivity contribution in [1.29, 1.82) is 0 Å². The molecule has 24 nitrogen and oxygen atoms in total. The second-order valence-electron chi connectivity index (χ2n) is 20.4. The molecule has 0 saturated carbocycles. The number of nitrogens with two attached hydrogens (primary N) is 1. The van der Waals surface area contributed by atoms with Gasteiger partial charge in [0.05, 0.1) is 12.1 Å². The SMILES string of the molecule is CC(C)[C@@H]1NC(=O)[C@H](NC(=O)[C@H](Cc2ccc(O)cc2)NC(=O)[C@@H]2CCCN2C(=O)[C@@H]2CCC(=O)N2)n2cc(c3ccccc32)C[C@@H](C(=O)N[C@@H](CCCCN)C(=O)O)NC(=O)[C@H](CO)NC(=O)[C@@H](Cc2ccccc2)NC1=O. The van der Waals surface area contributed by atoms with E-state index in [1.807, 2.05) is 0 Å². The van der Waals surface area contributed by atoms with E-state index in [-0.39, 0.29) is 75.3 Å². The normalized spacial score (nSPS) is 22.8. The van der Waals surface area contributed by atoms with Crippen LogP contribution in [-0.2, 0) is 67.2 Å². The van der Waals surface area contributed by atoms with Crippen molar-refractivity contribution < 1.29 is 63.3 Å². The van der Waals surface area contributed by atoms with Crippen LogP contribution in [0.5, 0.6) is 5.75 Å². The number of aromatic hydroxyl groups is 1. The molecule has 7 rings (SSSR count). The van der Waals surface area contributed by atoms with E-state index in [1.165, 1.54) is 39.9 Å². The Bertz CT molecular complexity index is 2900. The molecule has 3 aromatic carbocycles. The highest BCUT2D eigenvalue weighted by molar-refractivity contribution is 6.00. The number of nitrogens with zero attached hydrogens (tertiary/aromatic N) is 2. The maximum absolute atomic E-state index is 15.2. The highest BCUT2D eigenvalue weighted by Gasteiger charge is 2.42. The molecule has 9 amide bonds. The zero-order valence-electron chi connectivity index (χ0n) is 43.9. The summed E-state index contributed by atoms with van der Waals surface area (Å²) < 4.78 is 1.38. The number of unbranched alkanes of at least 4 members (excludes halogenated alkanes) is 1. The highest BCUT2D eigenvalue weighted by Crippen LogP contribution is 2.27. The van der Waals surface area contributed by atoms with Crippen LogP contribution in [0.15, 0.2) is 85.1 Å². The van der Waals surface area contributed by atoms with Gasteiger partial charge in [0.2, 0.25) is 47.3 Å². The highest BCUT2D eigenvalue weighted by atomic mass is 16.4.